The zero-order valence-electron chi connectivity index (χ0n) is 7.26. The van der Waals surface area contributed by atoms with Crippen molar-refractivity contribution in [3.8, 4) is 0 Å². The van der Waals surface area contributed by atoms with Crippen LogP contribution in [0.15, 0.2) is 24.3 Å². The van der Waals surface area contributed by atoms with Crippen LogP contribution in [0.25, 0.3) is 0 Å². The molecule has 0 saturated heterocycles. The molecular weight excluding hydrogens is 153 g/mol. The third-order valence-corrected chi connectivity index (χ3v) is 2.06. The Morgan fingerprint density at radius 1 is 1.33 bits per heavy atom. The Kier molecular flexibility index (Phi) is 3.23. The third-order valence-electron chi connectivity index (χ3n) is 2.06. The molecule has 1 atom stereocenters. The molecule has 1 unspecified atom stereocenters. The van der Waals surface area contributed by atoms with Crippen LogP contribution in [0.3, 0.4) is 0 Å². The van der Waals surface area contributed by atoms with Gasteiger partial charge in [0.25, 0.3) is 0 Å². The van der Waals surface area contributed by atoms with Crippen LogP contribution < -0.4 is 5.73 Å². The van der Waals surface area contributed by atoms with Gasteiger partial charge in [-0.1, -0.05) is 31.2 Å². The maximum Gasteiger partial charge on any atom is 0.115 e. The van der Waals surface area contributed by atoms with Crippen LogP contribution in [0.2, 0.25) is 0 Å². The lowest BCUT2D eigenvalue weighted by Crippen LogP contribution is -2.08. The molecule has 0 saturated carbocycles. The molecule has 0 aliphatic heterocycles. The molecule has 0 aromatic heterocycles. The fourth-order valence-corrected chi connectivity index (χ4v) is 1.07. The van der Waals surface area contributed by atoms with Crippen LogP contribution in [-0.2, 0) is 6.67 Å². The summed E-state index contributed by atoms with van der Waals surface area (Å²) < 4.78 is 12.1. The molecule has 0 bridgehead atoms. The molecule has 0 radical (unpaired) electrons. The molecular formula is C10H14FN. The van der Waals surface area contributed by atoms with Crippen LogP contribution in [0, 0.1) is 0 Å². The lowest BCUT2D eigenvalue weighted by atomic mass is 10.0. The molecule has 1 aromatic rings. The SMILES string of the molecule is CC(CN)c1ccc(CF)cc1. The average molecular weight is 167 g/mol. The number of benzene rings is 1. The predicted molar refractivity (Wildman–Crippen MR) is 48.7 cm³/mol. The van der Waals surface area contributed by atoms with Crippen molar-refractivity contribution in [2.45, 2.75) is 19.5 Å². The number of hydrogen-bond acceptors (Lipinski definition) is 1. The van der Waals surface area contributed by atoms with Crippen molar-refractivity contribution in [2.24, 2.45) is 5.73 Å². The van der Waals surface area contributed by atoms with E-state index in [1.165, 1.54) is 5.56 Å². The second-order valence-electron chi connectivity index (χ2n) is 3.01. The van der Waals surface area contributed by atoms with E-state index in [1.807, 2.05) is 24.3 Å². The Balaban J connectivity index is 2.77. The number of nitrogens with two attached hydrogens (primary N) is 1. The lowest BCUT2D eigenvalue weighted by molar-refractivity contribution is 0.485. The molecule has 0 amide bonds. The summed E-state index contributed by atoms with van der Waals surface area (Å²) >= 11 is 0. The molecule has 0 heterocycles. The van der Waals surface area contributed by atoms with E-state index < -0.39 is 6.67 Å². The molecule has 1 aromatic carbocycles. The Morgan fingerprint density at radius 2 is 1.92 bits per heavy atom. The number of hydrogen-bond donors (Lipinski definition) is 1. The van der Waals surface area contributed by atoms with Crippen molar-refractivity contribution in [2.75, 3.05) is 6.54 Å². The Morgan fingerprint density at radius 3 is 2.33 bits per heavy atom. The molecule has 2 N–H and O–H groups in total. The minimum absolute atomic E-state index is 0.360. The highest BCUT2D eigenvalue weighted by atomic mass is 19.1. The monoisotopic (exact) mass is 167 g/mol. The van der Waals surface area contributed by atoms with E-state index in [4.69, 9.17) is 5.73 Å². The van der Waals surface area contributed by atoms with Gasteiger partial charge >= 0.3 is 0 Å². The Hall–Kier alpha value is -0.890. The van der Waals surface area contributed by atoms with Gasteiger partial charge in [0.05, 0.1) is 0 Å². The van der Waals surface area contributed by atoms with E-state index in [1.54, 1.807) is 0 Å². The average Bonchev–Trinajstić information content (AvgIpc) is 2.17. The molecule has 12 heavy (non-hydrogen) atoms. The first-order valence-corrected chi connectivity index (χ1v) is 4.12. The first kappa shape index (κ1) is 9.20. The molecule has 2 heteroatoms. The molecule has 0 aliphatic rings. The van der Waals surface area contributed by atoms with Gasteiger partial charge in [-0.25, -0.2) is 4.39 Å². The van der Waals surface area contributed by atoms with E-state index in [-0.39, 0.29) is 0 Å². The lowest BCUT2D eigenvalue weighted by Gasteiger charge is -2.08. The van der Waals surface area contributed by atoms with Gasteiger partial charge in [0, 0.05) is 0 Å². The summed E-state index contributed by atoms with van der Waals surface area (Å²) in [6, 6.07) is 7.49. The summed E-state index contributed by atoms with van der Waals surface area (Å²) in [6.45, 7) is 2.30. The zero-order valence-corrected chi connectivity index (χ0v) is 7.26. The van der Waals surface area contributed by atoms with Gasteiger partial charge < -0.3 is 5.73 Å². The van der Waals surface area contributed by atoms with Crippen LogP contribution in [0.5, 0.6) is 0 Å². The van der Waals surface area contributed by atoms with Gasteiger partial charge in [-0.15, -0.1) is 0 Å². The molecule has 66 valence electrons. The van der Waals surface area contributed by atoms with Crippen LogP contribution in [0.4, 0.5) is 4.39 Å². The van der Waals surface area contributed by atoms with Crippen molar-refractivity contribution in [3.05, 3.63) is 35.4 Å². The van der Waals surface area contributed by atoms with Gasteiger partial charge in [0.1, 0.15) is 6.67 Å². The number of halogens is 1. The normalized spacial score (nSPS) is 12.9. The zero-order chi connectivity index (χ0) is 8.97. The van der Waals surface area contributed by atoms with E-state index >= 15 is 0 Å². The molecule has 0 aliphatic carbocycles. The van der Waals surface area contributed by atoms with E-state index in [0.717, 1.165) is 5.56 Å². The van der Waals surface area contributed by atoms with Gasteiger partial charge in [-0.05, 0) is 23.6 Å². The fraction of sp³-hybridized carbons (Fsp3) is 0.400. The summed E-state index contributed by atoms with van der Waals surface area (Å²) in [5.41, 5.74) is 7.40. The summed E-state index contributed by atoms with van der Waals surface area (Å²) in [5, 5.41) is 0. The second kappa shape index (κ2) is 4.21. The quantitative estimate of drug-likeness (QED) is 0.734. The fourth-order valence-electron chi connectivity index (χ4n) is 1.07. The van der Waals surface area contributed by atoms with Gasteiger partial charge in [-0.2, -0.15) is 0 Å². The summed E-state index contributed by atoms with van der Waals surface area (Å²) in [4.78, 5) is 0. The van der Waals surface area contributed by atoms with Crippen molar-refractivity contribution in [3.63, 3.8) is 0 Å². The minimum Gasteiger partial charge on any atom is -0.330 e. The van der Waals surface area contributed by atoms with E-state index in [0.29, 0.717) is 12.5 Å². The van der Waals surface area contributed by atoms with Crippen LogP contribution in [0.1, 0.15) is 24.0 Å². The van der Waals surface area contributed by atoms with Crippen molar-refractivity contribution >= 4 is 0 Å². The highest BCUT2D eigenvalue weighted by molar-refractivity contribution is 5.24. The smallest absolute Gasteiger partial charge is 0.115 e. The maximum absolute atomic E-state index is 12.1. The van der Waals surface area contributed by atoms with Crippen molar-refractivity contribution in [1.82, 2.24) is 0 Å². The standard InChI is InChI=1S/C10H14FN/c1-8(7-12)10-4-2-9(6-11)3-5-10/h2-5,8H,6-7,12H2,1H3. The first-order valence-electron chi connectivity index (χ1n) is 4.12. The number of alkyl halides is 1. The van der Waals surface area contributed by atoms with Crippen molar-refractivity contribution in [1.29, 1.82) is 0 Å². The summed E-state index contributed by atoms with van der Waals surface area (Å²) in [6.07, 6.45) is 0. The Bertz CT molecular complexity index is 230. The van der Waals surface area contributed by atoms with E-state index in [9.17, 15) is 4.39 Å². The topological polar surface area (TPSA) is 26.0 Å². The minimum atomic E-state index is -0.392. The largest absolute Gasteiger partial charge is 0.330 e. The first-order chi connectivity index (χ1) is 5.77. The second-order valence-corrected chi connectivity index (χ2v) is 3.01. The number of rotatable bonds is 3. The van der Waals surface area contributed by atoms with Gasteiger partial charge in [-0.3, -0.25) is 0 Å². The van der Waals surface area contributed by atoms with Crippen LogP contribution in [-0.4, -0.2) is 6.54 Å². The maximum atomic E-state index is 12.1. The molecule has 0 spiro atoms. The molecule has 0 fully saturated rings. The highest BCUT2D eigenvalue weighted by Crippen LogP contribution is 2.14. The molecule has 1 nitrogen and oxygen atoms in total. The summed E-state index contributed by atoms with van der Waals surface area (Å²) in [5.74, 6) is 0.360. The Labute approximate surface area is 72.4 Å². The predicted octanol–water partition coefficient (Wildman–Crippen LogP) is 2.22. The highest BCUT2D eigenvalue weighted by Gasteiger charge is 2.01. The summed E-state index contributed by atoms with van der Waals surface area (Å²) in [7, 11) is 0. The van der Waals surface area contributed by atoms with Gasteiger partial charge in [0.2, 0.25) is 0 Å². The molecule has 1 rings (SSSR count). The van der Waals surface area contributed by atoms with Gasteiger partial charge in [0.15, 0.2) is 0 Å². The van der Waals surface area contributed by atoms with E-state index in [2.05, 4.69) is 6.92 Å². The third kappa shape index (κ3) is 2.05. The van der Waals surface area contributed by atoms with Crippen molar-refractivity contribution < 1.29 is 4.39 Å². The van der Waals surface area contributed by atoms with Crippen LogP contribution >= 0.6 is 0 Å².